The molecule has 1 aromatic carbocycles. The second-order valence-corrected chi connectivity index (χ2v) is 8.96. The van der Waals surface area contributed by atoms with Gasteiger partial charge in [-0.1, -0.05) is 24.3 Å². The zero-order valence-electron chi connectivity index (χ0n) is 19.6. The Kier molecular flexibility index (Phi) is 5.82. The van der Waals surface area contributed by atoms with Crippen LogP contribution in [0.1, 0.15) is 55.6 Å². The predicted molar refractivity (Wildman–Crippen MR) is 124 cm³/mol. The Hall–Kier alpha value is -3.69. The molecular formula is C25H25F3N6O. The zero-order chi connectivity index (χ0) is 24.7. The predicted octanol–water partition coefficient (Wildman–Crippen LogP) is 5.74. The summed E-state index contributed by atoms with van der Waals surface area (Å²) in [5, 5.41) is 4.72. The lowest BCUT2D eigenvalue weighted by Gasteiger charge is -2.12. The van der Waals surface area contributed by atoms with E-state index >= 15 is 0 Å². The molecule has 182 valence electrons. The smallest absolute Gasteiger partial charge is 0.434 e. The molecule has 4 aromatic rings. The first-order chi connectivity index (χ1) is 16.7. The highest BCUT2D eigenvalue weighted by atomic mass is 19.4. The summed E-state index contributed by atoms with van der Waals surface area (Å²) < 4.78 is 48.5. The number of nitrogens with zero attached hydrogens (tertiary/aromatic N) is 6. The Balaban J connectivity index is 1.39. The van der Waals surface area contributed by atoms with Crippen molar-refractivity contribution in [2.75, 3.05) is 7.11 Å². The Morgan fingerprint density at radius 1 is 1.09 bits per heavy atom. The standard InChI is InChI=1S/C25H25F3N6O/c1-15(2)34-13-20(25(26,27)28)31-23(34)18-6-4-16(5-7-18)12-33-11-10-19(32-33)21-22(17-8-9-17)29-14-30-24(21)35-3/h4-7,10-11,13-15,17H,8-9,12H2,1-3H3. The van der Waals surface area contributed by atoms with Gasteiger partial charge in [-0.15, -0.1) is 0 Å². The number of alkyl halides is 3. The molecule has 0 saturated heterocycles. The molecule has 0 N–H and O–H groups in total. The largest absolute Gasteiger partial charge is 0.480 e. The highest BCUT2D eigenvalue weighted by Gasteiger charge is 2.35. The van der Waals surface area contributed by atoms with Crippen LogP contribution in [0.5, 0.6) is 5.88 Å². The third-order valence-electron chi connectivity index (χ3n) is 6.03. The number of methoxy groups -OCH3 is 1. The maximum absolute atomic E-state index is 13.2. The molecule has 1 aliphatic rings. The first-order valence-corrected chi connectivity index (χ1v) is 11.4. The number of halogens is 3. The minimum atomic E-state index is -4.49. The summed E-state index contributed by atoms with van der Waals surface area (Å²) in [7, 11) is 1.59. The Bertz CT molecular complexity index is 1340. The number of hydrogen-bond donors (Lipinski definition) is 0. The van der Waals surface area contributed by atoms with Crippen molar-refractivity contribution in [1.29, 1.82) is 0 Å². The molecule has 1 saturated carbocycles. The third-order valence-corrected chi connectivity index (χ3v) is 6.03. The van der Waals surface area contributed by atoms with Crippen molar-refractivity contribution in [2.45, 2.75) is 51.4 Å². The van der Waals surface area contributed by atoms with E-state index in [-0.39, 0.29) is 6.04 Å². The van der Waals surface area contributed by atoms with Gasteiger partial charge < -0.3 is 9.30 Å². The van der Waals surface area contributed by atoms with E-state index in [1.807, 2.05) is 42.9 Å². The Morgan fingerprint density at radius 2 is 1.83 bits per heavy atom. The quantitative estimate of drug-likeness (QED) is 0.336. The van der Waals surface area contributed by atoms with Gasteiger partial charge in [-0.2, -0.15) is 18.3 Å². The van der Waals surface area contributed by atoms with E-state index in [1.54, 1.807) is 23.8 Å². The minimum Gasteiger partial charge on any atom is -0.480 e. The third kappa shape index (κ3) is 4.65. The van der Waals surface area contributed by atoms with Crippen molar-refractivity contribution >= 4 is 0 Å². The van der Waals surface area contributed by atoms with Crippen LogP contribution in [0.2, 0.25) is 0 Å². The lowest BCUT2D eigenvalue weighted by Crippen LogP contribution is -2.05. The molecule has 0 atom stereocenters. The molecule has 7 nitrogen and oxygen atoms in total. The SMILES string of the molecule is COc1ncnc(C2CC2)c1-c1ccn(Cc2ccc(-c3nc(C(F)(F)F)cn3C(C)C)cc2)n1. The van der Waals surface area contributed by atoms with Crippen LogP contribution in [-0.4, -0.2) is 36.4 Å². The van der Waals surface area contributed by atoms with Crippen LogP contribution in [0.15, 0.2) is 49.1 Å². The Labute approximate surface area is 200 Å². The van der Waals surface area contributed by atoms with Crippen molar-refractivity contribution in [3.05, 3.63) is 66.0 Å². The lowest BCUT2D eigenvalue weighted by molar-refractivity contribution is -0.140. The first kappa shape index (κ1) is 23.1. The van der Waals surface area contributed by atoms with E-state index in [1.165, 1.54) is 6.33 Å². The summed E-state index contributed by atoms with van der Waals surface area (Å²) >= 11 is 0. The van der Waals surface area contributed by atoms with Crippen molar-refractivity contribution in [2.24, 2.45) is 0 Å². The van der Waals surface area contributed by atoms with Crippen LogP contribution in [0, 0.1) is 0 Å². The van der Waals surface area contributed by atoms with Gasteiger partial charge in [0.15, 0.2) is 5.69 Å². The average molecular weight is 483 g/mol. The summed E-state index contributed by atoms with van der Waals surface area (Å²) in [5.41, 5.74) is 3.23. The number of aromatic nitrogens is 6. The van der Waals surface area contributed by atoms with Gasteiger partial charge in [-0.3, -0.25) is 4.68 Å². The molecule has 3 aromatic heterocycles. The van der Waals surface area contributed by atoms with E-state index in [4.69, 9.17) is 9.84 Å². The van der Waals surface area contributed by atoms with E-state index < -0.39 is 11.9 Å². The summed E-state index contributed by atoms with van der Waals surface area (Å²) in [6.45, 7) is 4.16. The molecule has 1 aliphatic carbocycles. The first-order valence-electron chi connectivity index (χ1n) is 11.4. The van der Waals surface area contributed by atoms with Crippen molar-refractivity contribution < 1.29 is 17.9 Å². The molecule has 35 heavy (non-hydrogen) atoms. The van der Waals surface area contributed by atoms with Gasteiger partial charge in [0.2, 0.25) is 5.88 Å². The minimum absolute atomic E-state index is 0.157. The van der Waals surface area contributed by atoms with Crippen LogP contribution >= 0.6 is 0 Å². The van der Waals surface area contributed by atoms with Gasteiger partial charge in [0.25, 0.3) is 0 Å². The van der Waals surface area contributed by atoms with E-state index in [9.17, 15) is 13.2 Å². The number of hydrogen-bond acceptors (Lipinski definition) is 5. The average Bonchev–Trinajstić information content (AvgIpc) is 3.39. The highest BCUT2D eigenvalue weighted by Crippen LogP contribution is 2.45. The lowest BCUT2D eigenvalue weighted by atomic mass is 10.1. The van der Waals surface area contributed by atoms with Crippen molar-refractivity contribution in [3.63, 3.8) is 0 Å². The topological polar surface area (TPSA) is 70.7 Å². The van der Waals surface area contributed by atoms with Gasteiger partial charge in [-0.05, 0) is 38.3 Å². The van der Waals surface area contributed by atoms with E-state index in [0.29, 0.717) is 29.7 Å². The fraction of sp³-hybridized carbons (Fsp3) is 0.360. The van der Waals surface area contributed by atoms with Gasteiger partial charge >= 0.3 is 6.18 Å². The van der Waals surface area contributed by atoms with Crippen LogP contribution in [0.4, 0.5) is 13.2 Å². The maximum atomic E-state index is 13.2. The van der Waals surface area contributed by atoms with Gasteiger partial charge in [0, 0.05) is 29.9 Å². The molecule has 0 bridgehead atoms. The molecule has 5 rings (SSSR count). The van der Waals surface area contributed by atoms with Crippen LogP contribution < -0.4 is 4.74 Å². The second kappa shape index (κ2) is 8.83. The fourth-order valence-electron chi connectivity index (χ4n) is 4.11. The summed E-state index contributed by atoms with van der Waals surface area (Å²) in [6.07, 6.45) is 2.18. The van der Waals surface area contributed by atoms with Crippen LogP contribution in [0.25, 0.3) is 22.6 Å². The van der Waals surface area contributed by atoms with Gasteiger partial charge in [0.1, 0.15) is 12.2 Å². The fourth-order valence-corrected chi connectivity index (χ4v) is 4.11. The Morgan fingerprint density at radius 3 is 2.46 bits per heavy atom. The van der Waals surface area contributed by atoms with Crippen LogP contribution in [0.3, 0.4) is 0 Å². The zero-order valence-corrected chi connectivity index (χ0v) is 19.6. The monoisotopic (exact) mass is 482 g/mol. The molecule has 0 aliphatic heterocycles. The molecule has 10 heteroatoms. The molecular weight excluding hydrogens is 457 g/mol. The summed E-state index contributed by atoms with van der Waals surface area (Å²) in [6, 6.07) is 9.10. The van der Waals surface area contributed by atoms with Crippen molar-refractivity contribution in [3.8, 4) is 28.5 Å². The molecule has 0 unspecified atom stereocenters. The van der Waals surface area contributed by atoms with E-state index in [2.05, 4.69) is 15.0 Å². The molecule has 0 radical (unpaired) electrons. The number of ether oxygens (including phenoxy) is 1. The summed E-state index contributed by atoms with van der Waals surface area (Å²) in [4.78, 5) is 12.6. The van der Waals surface area contributed by atoms with E-state index in [0.717, 1.165) is 41.6 Å². The maximum Gasteiger partial charge on any atom is 0.434 e. The molecule has 1 fully saturated rings. The number of imidazole rings is 1. The second-order valence-electron chi connectivity index (χ2n) is 8.96. The van der Waals surface area contributed by atoms with Crippen LogP contribution in [-0.2, 0) is 12.7 Å². The van der Waals surface area contributed by atoms with Crippen molar-refractivity contribution in [1.82, 2.24) is 29.3 Å². The highest BCUT2D eigenvalue weighted by molar-refractivity contribution is 5.68. The molecule has 3 heterocycles. The number of rotatable bonds is 7. The molecule has 0 spiro atoms. The normalized spacial score (nSPS) is 14.0. The van der Waals surface area contributed by atoms with Gasteiger partial charge in [0.05, 0.1) is 30.6 Å². The number of benzene rings is 1. The summed E-state index contributed by atoms with van der Waals surface area (Å²) in [5.74, 6) is 1.22. The molecule has 0 amide bonds. The van der Waals surface area contributed by atoms with Gasteiger partial charge in [-0.25, -0.2) is 15.0 Å².